The maximum atomic E-state index is 10.7. The van der Waals surface area contributed by atoms with Crippen LogP contribution in [0.25, 0.3) is 0 Å². The molecule has 0 unspecified atom stereocenters. The summed E-state index contributed by atoms with van der Waals surface area (Å²) in [5.74, 6) is -0.533. The van der Waals surface area contributed by atoms with E-state index in [1.807, 2.05) is 0 Å². The molecule has 0 saturated heterocycles. The molecule has 180 valence electrons. The highest BCUT2D eigenvalue weighted by Crippen LogP contribution is 2.14. The Bertz CT molecular complexity index is 784. The predicted molar refractivity (Wildman–Crippen MR) is 119 cm³/mol. The summed E-state index contributed by atoms with van der Waals surface area (Å²) in [6.45, 7) is 3.24. The SMILES string of the molecule is O=C(O)Cc1cccc(OCCOCCOCCOCCOc2cccc(CC(=O)O)c2)c1. The lowest BCUT2D eigenvalue weighted by Gasteiger charge is -2.09. The van der Waals surface area contributed by atoms with E-state index in [1.165, 1.54) is 0 Å². The molecule has 0 bridgehead atoms. The number of benzene rings is 2. The summed E-state index contributed by atoms with van der Waals surface area (Å²) in [6, 6.07) is 14.0. The van der Waals surface area contributed by atoms with Crippen LogP contribution in [-0.4, -0.2) is 75.0 Å². The van der Waals surface area contributed by atoms with Crippen LogP contribution in [0.1, 0.15) is 11.1 Å². The van der Waals surface area contributed by atoms with Gasteiger partial charge in [0.25, 0.3) is 0 Å². The Labute approximate surface area is 192 Å². The zero-order valence-corrected chi connectivity index (χ0v) is 18.4. The van der Waals surface area contributed by atoms with Crippen molar-refractivity contribution in [2.45, 2.75) is 12.8 Å². The Kier molecular flexibility index (Phi) is 12.4. The molecule has 0 saturated carbocycles. The molecular weight excluding hydrogens is 432 g/mol. The van der Waals surface area contributed by atoms with Gasteiger partial charge in [-0.3, -0.25) is 9.59 Å². The molecule has 0 spiro atoms. The lowest BCUT2D eigenvalue weighted by Crippen LogP contribution is -2.14. The van der Waals surface area contributed by atoms with Crippen molar-refractivity contribution in [1.82, 2.24) is 0 Å². The molecule has 0 aliphatic rings. The Balaban J connectivity index is 1.40. The summed E-state index contributed by atoms with van der Waals surface area (Å²) >= 11 is 0. The van der Waals surface area contributed by atoms with Gasteiger partial charge in [0, 0.05) is 0 Å². The van der Waals surface area contributed by atoms with E-state index in [0.29, 0.717) is 75.5 Å². The van der Waals surface area contributed by atoms with E-state index in [4.69, 9.17) is 33.9 Å². The normalized spacial score (nSPS) is 10.7. The Morgan fingerprint density at radius 2 is 0.939 bits per heavy atom. The third-order valence-electron chi connectivity index (χ3n) is 4.24. The van der Waals surface area contributed by atoms with Crippen molar-refractivity contribution in [1.29, 1.82) is 0 Å². The Morgan fingerprint density at radius 1 is 0.576 bits per heavy atom. The molecule has 0 fully saturated rings. The summed E-state index contributed by atoms with van der Waals surface area (Å²) in [7, 11) is 0. The van der Waals surface area contributed by atoms with Crippen LogP contribution >= 0.6 is 0 Å². The highest BCUT2D eigenvalue weighted by molar-refractivity contribution is 5.70. The third kappa shape index (κ3) is 12.5. The standard InChI is InChI=1S/C24H30O9/c25-23(26)17-19-3-1-5-21(15-19)32-13-11-30-9-7-29-8-10-31-12-14-33-22-6-2-4-20(16-22)18-24(27)28/h1-6,15-16H,7-14,17-18H2,(H,25,26)(H,27,28). The summed E-state index contributed by atoms with van der Waals surface area (Å²) in [5.41, 5.74) is 1.38. The number of hydrogen-bond acceptors (Lipinski definition) is 7. The van der Waals surface area contributed by atoms with Crippen LogP contribution in [-0.2, 0) is 36.6 Å². The van der Waals surface area contributed by atoms with Crippen LogP contribution in [0.4, 0.5) is 0 Å². The van der Waals surface area contributed by atoms with E-state index in [-0.39, 0.29) is 12.8 Å². The fourth-order valence-electron chi connectivity index (χ4n) is 2.82. The number of carboxylic acids is 2. The van der Waals surface area contributed by atoms with E-state index < -0.39 is 11.9 Å². The van der Waals surface area contributed by atoms with Gasteiger partial charge in [-0.1, -0.05) is 24.3 Å². The van der Waals surface area contributed by atoms with Gasteiger partial charge in [0.05, 0.1) is 52.5 Å². The number of aliphatic carboxylic acids is 2. The monoisotopic (exact) mass is 462 g/mol. The van der Waals surface area contributed by atoms with Crippen molar-refractivity contribution in [2.75, 3.05) is 52.9 Å². The molecule has 0 atom stereocenters. The first-order valence-electron chi connectivity index (χ1n) is 10.6. The second-order valence-corrected chi connectivity index (χ2v) is 6.97. The Morgan fingerprint density at radius 3 is 1.30 bits per heavy atom. The predicted octanol–water partition coefficient (Wildman–Crippen LogP) is 2.45. The molecule has 0 amide bonds. The Hall–Kier alpha value is -3.14. The van der Waals surface area contributed by atoms with Crippen LogP contribution < -0.4 is 9.47 Å². The molecule has 2 aromatic carbocycles. The topological polar surface area (TPSA) is 121 Å². The summed E-state index contributed by atoms with van der Waals surface area (Å²) in [4.78, 5) is 21.5. The van der Waals surface area contributed by atoms with Crippen LogP contribution in [0.2, 0.25) is 0 Å². The highest BCUT2D eigenvalue weighted by Gasteiger charge is 2.03. The van der Waals surface area contributed by atoms with E-state index >= 15 is 0 Å². The average molecular weight is 462 g/mol. The zero-order valence-electron chi connectivity index (χ0n) is 18.4. The quantitative estimate of drug-likeness (QED) is 0.322. The van der Waals surface area contributed by atoms with Gasteiger partial charge in [0.15, 0.2) is 0 Å². The van der Waals surface area contributed by atoms with Crippen LogP contribution in [0.3, 0.4) is 0 Å². The number of carboxylic acid groups (broad SMARTS) is 2. The molecule has 0 aliphatic carbocycles. The van der Waals surface area contributed by atoms with Gasteiger partial charge < -0.3 is 33.9 Å². The summed E-state index contributed by atoms with van der Waals surface area (Å²) < 4.78 is 27.4. The lowest BCUT2D eigenvalue weighted by atomic mass is 10.1. The maximum Gasteiger partial charge on any atom is 0.307 e. The fraction of sp³-hybridized carbons (Fsp3) is 0.417. The first-order valence-corrected chi connectivity index (χ1v) is 10.6. The molecule has 0 radical (unpaired) electrons. The van der Waals surface area contributed by atoms with E-state index in [1.54, 1.807) is 48.5 Å². The molecule has 0 heterocycles. The molecule has 33 heavy (non-hydrogen) atoms. The van der Waals surface area contributed by atoms with Crippen molar-refractivity contribution in [3.63, 3.8) is 0 Å². The second kappa shape index (κ2) is 15.6. The van der Waals surface area contributed by atoms with Gasteiger partial charge in [-0.15, -0.1) is 0 Å². The molecule has 0 aromatic heterocycles. The van der Waals surface area contributed by atoms with Crippen molar-refractivity contribution in [3.05, 3.63) is 59.7 Å². The summed E-state index contributed by atoms with van der Waals surface area (Å²) in [6.07, 6.45) is -0.0749. The van der Waals surface area contributed by atoms with Crippen molar-refractivity contribution < 1.29 is 43.5 Å². The fourth-order valence-corrected chi connectivity index (χ4v) is 2.82. The number of hydrogen-bond donors (Lipinski definition) is 2. The van der Waals surface area contributed by atoms with E-state index in [9.17, 15) is 9.59 Å². The van der Waals surface area contributed by atoms with Crippen molar-refractivity contribution >= 4 is 11.9 Å². The minimum Gasteiger partial charge on any atom is -0.491 e. The van der Waals surface area contributed by atoms with Crippen molar-refractivity contribution in [2.24, 2.45) is 0 Å². The van der Waals surface area contributed by atoms with Crippen LogP contribution in [0, 0.1) is 0 Å². The first kappa shape index (κ1) is 26.1. The van der Waals surface area contributed by atoms with Crippen LogP contribution in [0.5, 0.6) is 11.5 Å². The van der Waals surface area contributed by atoms with Gasteiger partial charge >= 0.3 is 11.9 Å². The van der Waals surface area contributed by atoms with Crippen LogP contribution in [0.15, 0.2) is 48.5 Å². The number of carbonyl (C=O) groups is 2. The summed E-state index contributed by atoms with van der Waals surface area (Å²) in [5, 5.41) is 17.6. The third-order valence-corrected chi connectivity index (χ3v) is 4.24. The molecule has 9 nitrogen and oxygen atoms in total. The lowest BCUT2D eigenvalue weighted by molar-refractivity contribution is -0.137. The van der Waals surface area contributed by atoms with Gasteiger partial charge in [-0.05, 0) is 35.4 Å². The highest BCUT2D eigenvalue weighted by atomic mass is 16.6. The van der Waals surface area contributed by atoms with Crippen molar-refractivity contribution in [3.8, 4) is 11.5 Å². The largest absolute Gasteiger partial charge is 0.491 e. The minimum atomic E-state index is -0.880. The molecule has 0 aliphatic heterocycles. The molecule has 2 aromatic rings. The molecular formula is C24H30O9. The second-order valence-electron chi connectivity index (χ2n) is 6.97. The zero-order chi connectivity index (χ0) is 23.7. The van der Waals surface area contributed by atoms with Gasteiger partial charge in [0.2, 0.25) is 0 Å². The van der Waals surface area contributed by atoms with E-state index in [2.05, 4.69) is 0 Å². The number of rotatable bonds is 18. The molecule has 2 N–H and O–H groups in total. The minimum absolute atomic E-state index is 0.0375. The van der Waals surface area contributed by atoms with Gasteiger partial charge in [0.1, 0.15) is 24.7 Å². The maximum absolute atomic E-state index is 10.7. The average Bonchev–Trinajstić information content (AvgIpc) is 2.76. The van der Waals surface area contributed by atoms with Gasteiger partial charge in [-0.25, -0.2) is 0 Å². The smallest absolute Gasteiger partial charge is 0.307 e. The number of ether oxygens (including phenoxy) is 5. The first-order chi connectivity index (χ1) is 16.0. The van der Waals surface area contributed by atoms with Gasteiger partial charge in [-0.2, -0.15) is 0 Å². The van der Waals surface area contributed by atoms with E-state index in [0.717, 1.165) is 0 Å². The molecule has 9 heteroatoms. The molecule has 2 rings (SSSR count).